The van der Waals surface area contributed by atoms with Crippen molar-refractivity contribution in [3.8, 4) is 11.1 Å². The lowest BCUT2D eigenvalue weighted by atomic mass is 9.98. The number of nitrogens with two attached hydrogens (primary N) is 1. The van der Waals surface area contributed by atoms with Crippen LogP contribution in [0.25, 0.3) is 21.9 Å². The first-order valence-corrected chi connectivity index (χ1v) is 6.44. The highest BCUT2D eigenvalue weighted by Gasteiger charge is 2.07. The summed E-state index contributed by atoms with van der Waals surface area (Å²) in [6.07, 6.45) is 1.80. The monoisotopic (exact) mass is 268 g/mol. The van der Waals surface area contributed by atoms with E-state index in [-0.39, 0.29) is 0 Å². The Morgan fingerprint density at radius 1 is 1.05 bits per heavy atom. The molecule has 1 aromatic heterocycles. The molecule has 3 rings (SSSR count). The van der Waals surface area contributed by atoms with E-state index in [4.69, 9.17) is 17.3 Å². The lowest BCUT2D eigenvalue weighted by Gasteiger charge is -2.09. The van der Waals surface area contributed by atoms with E-state index in [1.165, 1.54) is 0 Å². The second-order valence-electron chi connectivity index (χ2n) is 4.57. The lowest BCUT2D eigenvalue weighted by Crippen LogP contribution is -1.94. The van der Waals surface area contributed by atoms with Gasteiger partial charge >= 0.3 is 0 Å². The van der Waals surface area contributed by atoms with Crippen molar-refractivity contribution in [3.05, 3.63) is 59.2 Å². The van der Waals surface area contributed by atoms with Crippen LogP contribution in [0.5, 0.6) is 0 Å². The van der Waals surface area contributed by atoms with E-state index in [9.17, 15) is 0 Å². The third-order valence-corrected chi connectivity index (χ3v) is 3.63. The molecule has 3 aromatic rings. The van der Waals surface area contributed by atoms with Gasteiger partial charge < -0.3 is 5.73 Å². The smallest absolute Gasteiger partial charge is 0.126 e. The van der Waals surface area contributed by atoms with Gasteiger partial charge in [-0.3, -0.25) is 0 Å². The number of nitrogens with zero attached hydrogens (tertiary/aromatic N) is 1. The SMILES string of the molecule is Cc1cc(-c2ccc(Cl)c3ccccc23)cnc1N. The average molecular weight is 269 g/mol. The van der Waals surface area contributed by atoms with E-state index in [1.54, 1.807) is 6.20 Å². The van der Waals surface area contributed by atoms with Crippen molar-refractivity contribution in [2.75, 3.05) is 5.73 Å². The number of hydrogen-bond donors (Lipinski definition) is 1. The lowest BCUT2D eigenvalue weighted by molar-refractivity contribution is 1.28. The van der Waals surface area contributed by atoms with Crippen LogP contribution in [0.4, 0.5) is 5.82 Å². The van der Waals surface area contributed by atoms with E-state index >= 15 is 0 Å². The highest BCUT2D eigenvalue weighted by Crippen LogP contribution is 2.33. The summed E-state index contributed by atoms with van der Waals surface area (Å²) in [4.78, 5) is 4.23. The van der Waals surface area contributed by atoms with E-state index in [0.29, 0.717) is 5.82 Å². The first-order valence-electron chi connectivity index (χ1n) is 6.06. The molecule has 0 saturated heterocycles. The summed E-state index contributed by atoms with van der Waals surface area (Å²) in [5.41, 5.74) is 8.93. The Kier molecular flexibility index (Phi) is 2.88. The molecule has 0 unspecified atom stereocenters. The molecule has 0 saturated carbocycles. The van der Waals surface area contributed by atoms with Crippen LogP contribution in [0.15, 0.2) is 48.7 Å². The van der Waals surface area contributed by atoms with Crippen molar-refractivity contribution in [1.29, 1.82) is 0 Å². The van der Waals surface area contributed by atoms with Gasteiger partial charge in [0.1, 0.15) is 5.82 Å². The second-order valence-corrected chi connectivity index (χ2v) is 4.97. The molecule has 2 N–H and O–H groups in total. The molecule has 3 heteroatoms. The molecule has 0 atom stereocenters. The molecule has 0 bridgehead atoms. The third kappa shape index (κ3) is 2.04. The maximum atomic E-state index is 6.24. The molecule has 19 heavy (non-hydrogen) atoms. The van der Waals surface area contributed by atoms with Gasteiger partial charge in [-0.25, -0.2) is 4.98 Å². The van der Waals surface area contributed by atoms with Gasteiger partial charge in [-0.05, 0) is 35.6 Å². The Hall–Kier alpha value is -2.06. The summed E-state index contributed by atoms with van der Waals surface area (Å²) < 4.78 is 0. The molecule has 0 spiro atoms. The van der Waals surface area contributed by atoms with Crippen LogP contribution in [0.1, 0.15) is 5.56 Å². The summed E-state index contributed by atoms with van der Waals surface area (Å²) in [6.45, 7) is 1.96. The van der Waals surface area contributed by atoms with Gasteiger partial charge in [-0.1, -0.05) is 41.9 Å². The zero-order valence-corrected chi connectivity index (χ0v) is 11.3. The molecule has 2 nitrogen and oxygen atoms in total. The van der Waals surface area contributed by atoms with Crippen LogP contribution in [0, 0.1) is 6.92 Å². The molecular formula is C16H13ClN2. The van der Waals surface area contributed by atoms with Crippen molar-refractivity contribution in [2.24, 2.45) is 0 Å². The fourth-order valence-corrected chi connectivity index (χ4v) is 2.47. The second kappa shape index (κ2) is 4.56. The quantitative estimate of drug-likeness (QED) is 0.708. The molecule has 1 heterocycles. The van der Waals surface area contributed by atoms with Crippen molar-refractivity contribution in [1.82, 2.24) is 4.98 Å². The van der Waals surface area contributed by atoms with Crippen LogP contribution < -0.4 is 5.73 Å². The molecule has 0 fully saturated rings. The standard InChI is InChI=1S/C16H13ClN2/c1-10-8-11(9-19-16(10)18)12-6-7-15(17)14-5-3-2-4-13(12)14/h2-9H,1H3,(H2,18,19). The van der Waals surface area contributed by atoms with Crippen LogP contribution in [0.3, 0.4) is 0 Å². The zero-order valence-electron chi connectivity index (χ0n) is 10.5. The minimum atomic E-state index is 0.571. The van der Waals surface area contributed by atoms with E-state index in [2.05, 4.69) is 17.1 Å². The minimum absolute atomic E-state index is 0.571. The number of nitrogen functional groups attached to an aromatic ring is 1. The maximum Gasteiger partial charge on any atom is 0.126 e. The number of anilines is 1. The molecule has 0 aliphatic heterocycles. The third-order valence-electron chi connectivity index (χ3n) is 3.30. The number of benzene rings is 2. The fourth-order valence-electron chi connectivity index (χ4n) is 2.25. The molecule has 0 aliphatic carbocycles. The first-order chi connectivity index (χ1) is 9.16. The van der Waals surface area contributed by atoms with Gasteiger partial charge in [0.2, 0.25) is 0 Å². The van der Waals surface area contributed by atoms with Crippen LogP contribution in [-0.4, -0.2) is 4.98 Å². The highest BCUT2D eigenvalue weighted by molar-refractivity contribution is 6.36. The van der Waals surface area contributed by atoms with Crippen LogP contribution in [0.2, 0.25) is 5.02 Å². The number of pyridine rings is 1. The summed E-state index contributed by atoms with van der Waals surface area (Å²) in [5.74, 6) is 0.571. The Bertz CT molecular complexity index is 766. The van der Waals surface area contributed by atoms with Gasteiger partial charge in [0.15, 0.2) is 0 Å². The minimum Gasteiger partial charge on any atom is -0.383 e. The Labute approximate surface area is 116 Å². The molecular weight excluding hydrogens is 256 g/mol. The fraction of sp³-hybridized carbons (Fsp3) is 0.0625. The molecule has 0 aliphatic rings. The topological polar surface area (TPSA) is 38.9 Å². The molecule has 2 aromatic carbocycles. The number of aryl methyl sites for hydroxylation is 1. The van der Waals surface area contributed by atoms with Gasteiger partial charge in [0, 0.05) is 22.2 Å². The van der Waals surface area contributed by atoms with E-state index in [0.717, 1.165) is 32.5 Å². The Morgan fingerprint density at radius 3 is 2.53 bits per heavy atom. The highest BCUT2D eigenvalue weighted by atomic mass is 35.5. The van der Waals surface area contributed by atoms with Gasteiger partial charge in [0.25, 0.3) is 0 Å². The Morgan fingerprint density at radius 2 is 1.79 bits per heavy atom. The number of halogens is 1. The van der Waals surface area contributed by atoms with Gasteiger partial charge in [-0.15, -0.1) is 0 Å². The predicted molar refractivity (Wildman–Crippen MR) is 81.3 cm³/mol. The molecule has 0 amide bonds. The first kappa shape index (κ1) is 12.0. The van der Waals surface area contributed by atoms with Crippen molar-refractivity contribution in [2.45, 2.75) is 6.92 Å². The van der Waals surface area contributed by atoms with Crippen molar-refractivity contribution < 1.29 is 0 Å². The summed E-state index contributed by atoms with van der Waals surface area (Å²) in [6, 6.07) is 14.1. The molecule has 94 valence electrons. The normalized spacial score (nSPS) is 10.8. The van der Waals surface area contributed by atoms with Crippen molar-refractivity contribution in [3.63, 3.8) is 0 Å². The average Bonchev–Trinajstić information content (AvgIpc) is 2.43. The van der Waals surface area contributed by atoms with Crippen LogP contribution >= 0.6 is 11.6 Å². The van der Waals surface area contributed by atoms with Gasteiger partial charge in [-0.2, -0.15) is 0 Å². The summed E-state index contributed by atoms with van der Waals surface area (Å²) in [5, 5.41) is 2.94. The number of aromatic nitrogens is 1. The van der Waals surface area contributed by atoms with Crippen LogP contribution in [-0.2, 0) is 0 Å². The summed E-state index contributed by atoms with van der Waals surface area (Å²) >= 11 is 6.24. The van der Waals surface area contributed by atoms with Gasteiger partial charge in [0.05, 0.1) is 0 Å². The zero-order chi connectivity index (χ0) is 13.4. The molecule has 0 radical (unpaired) electrons. The van der Waals surface area contributed by atoms with E-state index in [1.807, 2.05) is 37.3 Å². The Balaban J connectivity index is 2.31. The summed E-state index contributed by atoms with van der Waals surface area (Å²) in [7, 11) is 0. The number of hydrogen-bond acceptors (Lipinski definition) is 2. The predicted octanol–water partition coefficient (Wildman–Crippen LogP) is 4.45. The van der Waals surface area contributed by atoms with Crippen molar-refractivity contribution >= 4 is 28.2 Å². The largest absolute Gasteiger partial charge is 0.383 e. The van der Waals surface area contributed by atoms with E-state index < -0.39 is 0 Å². The maximum absolute atomic E-state index is 6.24. The number of rotatable bonds is 1. The number of fused-ring (bicyclic) bond motifs is 1.